The molecule has 0 aromatic heterocycles. The number of benzene rings is 3. The van der Waals surface area contributed by atoms with Gasteiger partial charge in [-0.3, -0.25) is 0 Å². The van der Waals surface area contributed by atoms with Crippen molar-refractivity contribution in [1.29, 1.82) is 0 Å². The standard InChI is InChI=1S/C19H18N2OS2/c1-23-17-12-6-14(7-13-17)18-4-2-3-5-19(18)24(22)21-16-10-8-15(20)9-11-16/h2-13,21H,20H2,1H3. The van der Waals surface area contributed by atoms with E-state index in [1.807, 2.05) is 36.4 Å². The van der Waals surface area contributed by atoms with Crippen LogP contribution in [0.15, 0.2) is 82.6 Å². The van der Waals surface area contributed by atoms with E-state index in [1.54, 1.807) is 23.9 Å². The summed E-state index contributed by atoms with van der Waals surface area (Å²) in [5, 5.41) is 0. The summed E-state index contributed by atoms with van der Waals surface area (Å²) in [5.41, 5.74) is 9.16. The van der Waals surface area contributed by atoms with E-state index in [0.717, 1.165) is 21.7 Å². The average Bonchev–Trinajstić information content (AvgIpc) is 2.63. The second-order valence-corrected chi connectivity index (χ2v) is 7.28. The highest BCUT2D eigenvalue weighted by Gasteiger charge is 2.17. The molecule has 3 nitrogen and oxygen atoms in total. The maximum atomic E-state index is 12.8. The minimum Gasteiger partial charge on any atom is -0.588 e. The lowest BCUT2D eigenvalue weighted by molar-refractivity contribution is 0.600. The van der Waals surface area contributed by atoms with Crippen LogP contribution >= 0.6 is 11.8 Å². The first kappa shape index (κ1) is 16.8. The number of thioether (sulfide) groups is 1. The molecule has 0 saturated heterocycles. The van der Waals surface area contributed by atoms with Gasteiger partial charge in [0, 0.05) is 16.1 Å². The Morgan fingerprint density at radius 1 is 0.917 bits per heavy atom. The highest BCUT2D eigenvalue weighted by molar-refractivity contribution is 7.98. The fourth-order valence-electron chi connectivity index (χ4n) is 2.35. The quantitative estimate of drug-likeness (QED) is 0.393. The normalized spacial score (nSPS) is 11.9. The van der Waals surface area contributed by atoms with Crippen LogP contribution in [0.5, 0.6) is 0 Å². The summed E-state index contributed by atoms with van der Waals surface area (Å²) in [6.45, 7) is 0. The third-order valence-corrected chi connectivity index (χ3v) is 5.53. The van der Waals surface area contributed by atoms with Crippen LogP contribution in [0.1, 0.15) is 0 Å². The molecule has 0 saturated carbocycles. The molecule has 1 unspecified atom stereocenters. The lowest BCUT2D eigenvalue weighted by Gasteiger charge is -2.15. The predicted octanol–water partition coefficient (Wildman–Crippen LogP) is 4.79. The molecule has 5 heteroatoms. The number of hydrogen-bond acceptors (Lipinski definition) is 4. The van der Waals surface area contributed by atoms with Crippen molar-refractivity contribution in [1.82, 2.24) is 0 Å². The van der Waals surface area contributed by atoms with Gasteiger partial charge in [0.2, 0.25) is 0 Å². The van der Waals surface area contributed by atoms with E-state index in [0.29, 0.717) is 5.69 Å². The van der Waals surface area contributed by atoms with Crippen LogP contribution in [0.4, 0.5) is 11.4 Å². The Hall–Kier alpha value is -2.08. The smallest absolute Gasteiger partial charge is 0.187 e. The van der Waals surface area contributed by atoms with Crippen molar-refractivity contribution in [2.45, 2.75) is 9.79 Å². The summed E-state index contributed by atoms with van der Waals surface area (Å²) in [5.74, 6) is 0. The molecule has 24 heavy (non-hydrogen) atoms. The van der Waals surface area contributed by atoms with Crippen LogP contribution in [0, 0.1) is 0 Å². The molecular weight excluding hydrogens is 336 g/mol. The van der Waals surface area contributed by atoms with E-state index < -0.39 is 11.4 Å². The third-order valence-electron chi connectivity index (χ3n) is 3.61. The molecule has 0 amide bonds. The van der Waals surface area contributed by atoms with Gasteiger partial charge in [-0.05, 0) is 60.4 Å². The number of hydrogen-bond donors (Lipinski definition) is 2. The fraction of sp³-hybridized carbons (Fsp3) is 0.0526. The molecule has 0 heterocycles. The van der Waals surface area contributed by atoms with E-state index in [-0.39, 0.29) is 0 Å². The van der Waals surface area contributed by atoms with Gasteiger partial charge in [0.1, 0.15) is 11.4 Å². The Bertz CT molecular complexity index is 804. The number of anilines is 2. The number of rotatable bonds is 5. The van der Waals surface area contributed by atoms with Gasteiger partial charge < -0.3 is 10.3 Å². The number of nitrogen functional groups attached to an aromatic ring is 1. The minimum absolute atomic E-state index is 0.681. The van der Waals surface area contributed by atoms with Crippen molar-refractivity contribution in [3.05, 3.63) is 72.8 Å². The van der Waals surface area contributed by atoms with Gasteiger partial charge in [0.05, 0.1) is 5.69 Å². The van der Waals surface area contributed by atoms with Crippen LogP contribution in [0.2, 0.25) is 0 Å². The lowest BCUT2D eigenvalue weighted by atomic mass is 10.1. The van der Waals surface area contributed by atoms with Crippen LogP contribution < -0.4 is 10.5 Å². The molecule has 3 aromatic rings. The van der Waals surface area contributed by atoms with Crippen LogP contribution in [0.25, 0.3) is 11.1 Å². The van der Waals surface area contributed by atoms with Gasteiger partial charge in [0.25, 0.3) is 0 Å². The molecular formula is C19H18N2OS2. The van der Waals surface area contributed by atoms with Gasteiger partial charge in [-0.15, -0.1) is 11.8 Å². The summed E-state index contributed by atoms with van der Waals surface area (Å²) in [7, 11) is 0. The van der Waals surface area contributed by atoms with Crippen molar-refractivity contribution in [3.8, 4) is 11.1 Å². The molecule has 0 aliphatic carbocycles. The van der Waals surface area contributed by atoms with E-state index in [9.17, 15) is 4.55 Å². The molecule has 3 rings (SSSR count). The molecule has 0 aliphatic heterocycles. The molecule has 3 N–H and O–H groups in total. The molecule has 1 atom stereocenters. The molecule has 0 radical (unpaired) electrons. The minimum atomic E-state index is -1.36. The monoisotopic (exact) mass is 354 g/mol. The second kappa shape index (κ2) is 7.66. The van der Waals surface area contributed by atoms with Gasteiger partial charge in [0.15, 0.2) is 4.90 Å². The van der Waals surface area contributed by atoms with E-state index in [2.05, 4.69) is 35.2 Å². The van der Waals surface area contributed by atoms with Crippen LogP contribution in [-0.4, -0.2) is 10.8 Å². The van der Waals surface area contributed by atoms with Gasteiger partial charge in [-0.25, -0.2) is 4.72 Å². The Kier molecular flexibility index (Phi) is 5.35. The highest BCUT2D eigenvalue weighted by Crippen LogP contribution is 2.30. The number of nitrogens with one attached hydrogen (secondary N) is 1. The van der Waals surface area contributed by atoms with Crippen molar-refractivity contribution in [2.24, 2.45) is 0 Å². The molecule has 0 bridgehead atoms. The summed E-state index contributed by atoms with van der Waals surface area (Å²) in [4.78, 5) is 1.96. The summed E-state index contributed by atoms with van der Waals surface area (Å²) in [6, 6.07) is 23.2. The van der Waals surface area contributed by atoms with E-state index in [4.69, 9.17) is 5.73 Å². The first-order chi connectivity index (χ1) is 11.7. The first-order valence-corrected chi connectivity index (χ1v) is 9.82. The Morgan fingerprint density at radius 2 is 1.58 bits per heavy atom. The first-order valence-electron chi connectivity index (χ1n) is 7.45. The SMILES string of the molecule is CSc1ccc(-c2ccccc2[S+]([O-])Nc2ccc(N)cc2)cc1. The van der Waals surface area contributed by atoms with Crippen molar-refractivity contribution in [3.63, 3.8) is 0 Å². The topological polar surface area (TPSA) is 61.1 Å². The average molecular weight is 355 g/mol. The second-order valence-electron chi connectivity index (χ2n) is 5.22. The Morgan fingerprint density at radius 3 is 2.25 bits per heavy atom. The summed E-state index contributed by atoms with van der Waals surface area (Å²) in [6.07, 6.45) is 2.05. The summed E-state index contributed by atoms with van der Waals surface area (Å²) < 4.78 is 15.8. The van der Waals surface area contributed by atoms with E-state index >= 15 is 0 Å². The van der Waals surface area contributed by atoms with Crippen molar-refractivity contribution in [2.75, 3.05) is 16.7 Å². The number of nitrogens with two attached hydrogens (primary N) is 1. The lowest BCUT2D eigenvalue weighted by Crippen LogP contribution is -2.14. The molecule has 0 fully saturated rings. The zero-order valence-electron chi connectivity index (χ0n) is 13.2. The van der Waals surface area contributed by atoms with Gasteiger partial charge in [-0.2, -0.15) is 0 Å². The Balaban J connectivity index is 1.88. The highest BCUT2D eigenvalue weighted by atomic mass is 32.2. The van der Waals surface area contributed by atoms with Crippen LogP contribution in [0.3, 0.4) is 0 Å². The maximum absolute atomic E-state index is 12.8. The fourth-order valence-corrected chi connectivity index (χ4v) is 3.81. The van der Waals surface area contributed by atoms with Crippen molar-refractivity contribution >= 4 is 34.5 Å². The van der Waals surface area contributed by atoms with Crippen LogP contribution in [-0.2, 0) is 11.4 Å². The zero-order valence-corrected chi connectivity index (χ0v) is 14.9. The molecule has 122 valence electrons. The van der Waals surface area contributed by atoms with E-state index in [1.165, 1.54) is 4.90 Å². The van der Waals surface area contributed by atoms with Crippen molar-refractivity contribution < 1.29 is 4.55 Å². The maximum Gasteiger partial charge on any atom is 0.187 e. The predicted molar refractivity (Wildman–Crippen MR) is 105 cm³/mol. The Labute approximate surface area is 149 Å². The molecule has 3 aromatic carbocycles. The van der Waals surface area contributed by atoms with Gasteiger partial charge >= 0.3 is 0 Å². The largest absolute Gasteiger partial charge is 0.588 e. The summed E-state index contributed by atoms with van der Waals surface area (Å²) >= 11 is 0.347. The molecule has 0 aliphatic rings. The molecule has 0 spiro atoms. The zero-order chi connectivity index (χ0) is 16.9. The van der Waals surface area contributed by atoms with Gasteiger partial charge in [-0.1, -0.05) is 24.3 Å². The third kappa shape index (κ3) is 3.87.